The third-order valence-corrected chi connectivity index (χ3v) is 2.16. The zero-order chi connectivity index (χ0) is 11.9. The summed E-state index contributed by atoms with van der Waals surface area (Å²) in [7, 11) is 1.73. The summed E-state index contributed by atoms with van der Waals surface area (Å²) in [6.07, 6.45) is 3.47. The lowest BCUT2D eigenvalue weighted by molar-refractivity contribution is 1.27. The molecule has 2 aromatic rings. The first-order chi connectivity index (χ1) is 8.38. The van der Waals surface area contributed by atoms with Gasteiger partial charge in [-0.15, -0.1) is 0 Å². The Morgan fingerprint density at radius 2 is 1.59 bits per heavy atom. The van der Waals surface area contributed by atoms with E-state index in [0.717, 1.165) is 17.1 Å². The molecule has 3 heteroatoms. The second-order valence-electron chi connectivity index (χ2n) is 3.47. The highest BCUT2D eigenvalue weighted by molar-refractivity contribution is 5.82. The number of benzene rings is 1. The van der Waals surface area contributed by atoms with Crippen LogP contribution in [0.25, 0.3) is 0 Å². The highest BCUT2D eigenvalue weighted by Crippen LogP contribution is 2.09. The van der Waals surface area contributed by atoms with Gasteiger partial charge in [-0.3, -0.25) is 9.98 Å². The molecule has 1 aromatic carbocycles. The van der Waals surface area contributed by atoms with Crippen molar-refractivity contribution in [3.8, 4) is 0 Å². The molecular formula is C14H13N3. The Kier molecular flexibility index (Phi) is 3.76. The average molecular weight is 223 g/mol. The fraction of sp³-hybridized carbons (Fsp3) is 0.0714. The Balaban J connectivity index is 2.19. The summed E-state index contributed by atoms with van der Waals surface area (Å²) >= 11 is 0. The van der Waals surface area contributed by atoms with E-state index in [0.29, 0.717) is 0 Å². The number of nitrogens with zero attached hydrogens (tertiary/aromatic N) is 3. The minimum Gasteiger partial charge on any atom is -0.294 e. The second-order valence-corrected chi connectivity index (χ2v) is 3.47. The lowest BCUT2D eigenvalue weighted by Gasteiger charge is -1.95. The number of hydrogen-bond acceptors (Lipinski definition) is 3. The fourth-order valence-corrected chi connectivity index (χ4v) is 1.40. The molecule has 17 heavy (non-hydrogen) atoms. The SMILES string of the molecule is CN=Cc1cccc(C=Nc2ccccc2)n1. The molecule has 0 aliphatic carbocycles. The van der Waals surface area contributed by atoms with Crippen LogP contribution in [0.3, 0.4) is 0 Å². The van der Waals surface area contributed by atoms with Crippen molar-refractivity contribution in [3.63, 3.8) is 0 Å². The van der Waals surface area contributed by atoms with Crippen LogP contribution >= 0.6 is 0 Å². The van der Waals surface area contributed by atoms with Gasteiger partial charge >= 0.3 is 0 Å². The van der Waals surface area contributed by atoms with Gasteiger partial charge in [0.1, 0.15) is 0 Å². The summed E-state index contributed by atoms with van der Waals surface area (Å²) in [6, 6.07) is 15.6. The third-order valence-electron chi connectivity index (χ3n) is 2.16. The van der Waals surface area contributed by atoms with E-state index in [9.17, 15) is 0 Å². The molecule has 0 aliphatic heterocycles. The van der Waals surface area contributed by atoms with Gasteiger partial charge in [-0.25, -0.2) is 4.98 Å². The van der Waals surface area contributed by atoms with E-state index in [1.807, 2.05) is 48.5 Å². The number of para-hydroxylation sites is 1. The number of aromatic nitrogens is 1. The van der Waals surface area contributed by atoms with E-state index in [2.05, 4.69) is 15.0 Å². The Labute approximate surface area is 101 Å². The van der Waals surface area contributed by atoms with Gasteiger partial charge in [-0.2, -0.15) is 0 Å². The van der Waals surface area contributed by atoms with Gasteiger partial charge in [0.15, 0.2) is 0 Å². The second kappa shape index (κ2) is 5.70. The molecule has 1 aromatic heterocycles. The van der Waals surface area contributed by atoms with Crippen LogP contribution in [0.15, 0.2) is 58.5 Å². The van der Waals surface area contributed by atoms with Gasteiger partial charge in [-0.1, -0.05) is 24.3 Å². The molecule has 0 unspecified atom stereocenters. The summed E-state index contributed by atoms with van der Waals surface area (Å²) in [5.74, 6) is 0. The van der Waals surface area contributed by atoms with Crippen molar-refractivity contribution in [2.24, 2.45) is 9.98 Å². The molecule has 0 spiro atoms. The average Bonchev–Trinajstić information content (AvgIpc) is 2.39. The van der Waals surface area contributed by atoms with Crippen LogP contribution in [0.5, 0.6) is 0 Å². The molecule has 0 amide bonds. The number of pyridine rings is 1. The highest BCUT2D eigenvalue weighted by Gasteiger charge is 1.92. The fourth-order valence-electron chi connectivity index (χ4n) is 1.40. The largest absolute Gasteiger partial charge is 0.294 e. The first-order valence-electron chi connectivity index (χ1n) is 5.37. The van der Waals surface area contributed by atoms with Crippen molar-refractivity contribution in [1.29, 1.82) is 0 Å². The lowest BCUT2D eigenvalue weighted by Crippen LogP contribution is -1.92. The normalized spacial score (nSPS) is 11.4. The van der Waals surface area contributed by atoms with E-state index >= 15 is 0 Å². The standard InChI is InChI=1S/C14H13N3/c1-15-10-13-8-5-9-14(17-13)11-16-12-6-3-2-4-7-12/h2-11H,1H3. The van der Waals surface area contributed by atoms with Gasteiger partial charge in [-0.05, 0) is 24.3 Å². The van der Waals surface area contributed by atoms with E-state index in [-0.39, 0.29) is 0 Å². The van der Waals surface area contributed by atoms with Crippen LogP contribution in [-0.4, -0.2) is 24.5 Å². The highest BCUT2D eigenvalue weighted by atomic mass is 14.8. The predicted octanol–water partition coefficient (Wildman–Crippen LogP) is 2.88. The molecular weight excluding hydrogens is 210 g/mol. The summed E-state index contributed by atoms with van der Waals surface area (Å²) in [5, 5.41) is 0. The van der Waals surface area contributed by atoms with Crippen molar-refractivity contribution >= 4 is 18.1 Å². The van der Waals surface area contributed by atoms with E-state index in [4.69, 9.17) is 0 Å². The minimum atomic E-state index is 0.825. The van der Waals surface area contributed by atoms with Crippen molar-refractivity contribution in [3.05, 3.63) is 59.9 Å². The molecule has 1 heterocycles. The molecule has 0 radical (unpaired) electrons. The molecule has 2 rings (SSSR count). The number of hydrogen-bond donors (Lipinski definition) is 0. The van der Waals surface area contributed by atoms with Gasteiger partial charge in [0.05, 0.1) is 23.3 Å². The number of rotatable bonds is 3. The van der Waals surface area contributed by atoms with Crippen LogP contribution in [0.1, 0.15) is 11.4 Å². The van der Waals surface area contributed by atoms with Crippen LogP contribution in [-0.2, 0) is 0 Å². The summed E-state index contributed by atoms with van der Waals surface area (Å²) in [5.41, 5.74) is 2.58. The smallest absolute Gasteiger partial charge is 0.0820 e. The van der Waals surface area contributed by atoms with Gasteiger partial charge < -0.3 is 0 Å². The van der Waals surface area contributed by atoms with E-state index < -0.39 is 0 Å². The van der Waals surface area contributed by atoms with Crippen molar-refractivity contribution in [2.75, 3.05) is 7.05 Å². The zero-order valence-electron chi connectivity index (χ0n) is 9.62. The first-order valence-corrected chi connectivity index (χ1v) is 5.37. The molecule has 0 aliphatic rings. The quantitative estimate of drug-likeness (QED) is 0.737. The van der Waals surface area contributed by atoms with Crippen molar-refractivity contribution < 1.29 is 0 Å². The molecule has 0 bridgehead atoms. The number of aliphatic imine (C=N–C) groups is 2. The zero-order valence-corrected chi connectivity index (χ0v) is 9.62. The van der Waals surface area contributed by atoms with E-state index in [1.54, 1.807) is 19.5 Å². The van der Waals surface area contributed by atoms with Gasteiger partial charge in [0, 0.05) is 13.3 Å². The topological polar surface area (TPSA) is 37.6 Å². The summed E-state index contributed by atoms with van der Waals surface area (Å²) in [6.45, 7) is 0. The van der Waals surface area contributed by atoms with Crippen molar-refractivity contribution in [1.82, 2.24) is 4.98 Å². The minimum absolute atomic E-state index is 0.825. The molecule has 3 nitrogen and oxygen atoms in total. The maximum absolute atomic E-state index is 4.38. The Bertz CT molecular complexity index is 530. The molecule has 0 atom stereocenters. The molecule has 0 N–H and O–H groups in total. The maximum atomic E-state index is 4.38. The Morgan fingerprint density at radius 3 is 2.29 bits per heavy atom. The van der Waals surface area contributed by atoms with Gasteiger partial charge in [0.2, 0.25) is 0 Å². The summed E-state index contributed by atoms with van der Waals surface area (Å²) in [4.78, 5) is 12.7. The van der Waals surface area contributed by atoms with Crippen LogP contribution < -0.4 is 0 Å². The van der Waals surface area contributed by atoms with Crippen LogP contribution in [0.2, 0.25) is 0 Å². The predicted molar refractivity (Wildman–Crippen MR) is 71.5 cm³/mol. The molecule has 84 valence electrons. The maximum Gasteiger partial charge on any atom is 0.0820 e. The monoisotopic (exact) mass is 223 g/mol. The molecule has 0 saturated heterocycles. The first kappa shape index (κ1) is 11.2. The Morgan fingerprint density at radius 1 is 0.882 bits per heavy atom. The van der Waals surface area contributed by atoms with Crippen LogP contribution in [0.4, 0.5) is 5.69 Å². The third kappa shape index (κ3) is 3.34. The molecule has 0 fully saturated rings. The molecule has 0 saturated carbocycles. The lowest BCUT2D eigenvalue weighted by atomic mass is 10.3. The van der Waals surface area contributed by atoms with Crippen LogP contribution in [0, 0.1) is 0 Å². The van der Waals surface area contributed by atoms with E-state index in [1.165, 1.54) is 0 Å². The Hall–Kier alpha value is -2.29. The van der Waals surface area contributed by atoms with Crippen molar-refractivity contribution in [2.45, 2.75) is 0 Å². The van der Waals surface area contributed by atoms with Gasteiger partial charge in [0.25, 0.3) is 0 Å². The summed E-state index contributed by atoms with van der Waals surface area (Å²) < 4.78 is 0.